The van der Waals surface area contributed by atoms with Crippen molar-refractivity contribution in [1.29, 1.82) is 0 Å². The molecule has 0 radical (unpaired) electrons. The molecule has 122 valence electrons. The maximum Gasteiger partial charge on any atom is 0.416 e. The van der Waals surface area contributed by atoms with Crippen LogP contribution in [0, 0.1) is 0 Å². The number of carbonyl (C=O) groups excluding carboxylic acids is 1. The van der Waals surface area contributed by atoms with E-state index >= 15 is 0 Å². The van der Waals surface area contributed by atoms with Crippen LogP contribution in [0.3, 0.4) is 0 Å². The van der Waals surface area contributed by atoms with E-state index in [0.717, 1.165) is 12.1 Å². The summed E-state index contributed by atoms with van der Waals surface area (Å²) in [7, 11) is 0. The first-order chi connectivity index (χ1) is 10.8. The van der Waals surface area contributed by atoms with E-state index in [2.05, 4.69) is 25.6 Å². The SMILES string of the molecule is CC(=O)Nc1ncnc(NC(C)c2ccc(C(F)(F)F)cc2)n1. The van der Waals surface area contributed by atoms with Gasteiger partial charge in [-0.3, -0.25) is 10.1 Å². The van der Waals surface area contributed by atoms with Gasteiger partial charge in [0.15, 0.2) is 0 Å². The standard InChI is InChI=1S/C14H14F3N5O/c1-8(10-3-5-11(6-4-10)14(15,16)17)20-12-18-7-19-13(22-12)21-9(2)23/h3-8H,1-2H3,(H2,18,19,20,21,22,23). The van der Waals surface area contributed by atoms with Crippen molar-refractivity contribution < 1.29 is 18.0 Å². The number of halogens is 3. The zero-order valence-electron chi connectivity index (χ0n) is 12.3. The van der Waals surface area contributed by atoms with Gasteiger partial charge in [-0.2, -0.15) is 18.2 Å². The van der Waals surface area contributed by atoms with Crippen LogP contribution < -0.4 is 10.6 Å². The molecule has 2 aromatic rings. The molecule has 2 rings (SSSR count). The zero-order chi connectivity index (χ0) is 17.0. The minimum absolute atomic E-state index is 0.0922. The summed E-state index contributed by atoms with van der Waals surface area (Å²) in [5, 5.41) is 5.35. The summed E-state index contributed by atoms with van der Waals surface area (Å²) in [5.74, 6) is -0.0243. The molecule has 1 aromatic heterocycles. The van der Waals surface area contributed by atoms with Gasteiger partial charge in [0.25, 0.3) is 0 Å². The number of nitrogens with one attached hydrogen (secondary N) is 2. The van der Waals surface area contributed by atoms with Crippen molar-refractivity contribution >= 4 is 17.8 Å². The lowest BCUT2D eigenvalue weighted by Crippen LogP contribution is -2.14. The Kier molecular flexibility index (Phi) is 4.77. The normalized spacial score (nSPS) is 12.6. The van der Waals surface area contributed by atoms with Gasteiger partial charge in [-0.15, -0.1) is 0 Å². The first-order valence-electron chi connectivity index (χ1n) is 6.66. The Morgan fingerprint density at radius 1 is 1.13 bits per heavy atom. The van der Waals surface area contributed by atoms with Gasteiger partial charge in [0, 0.05) is 6.92 Å². The van der Waals surface area contributed by atoms with Crippen molar-refractivity contribution in [3.63, 3.8) is 0 Å². The molecule has 0 bridgehead atoms. The van der Waals surface area contributed by atoms with E-state index in [9.17, 15) is 18.0 Å². The van der Waals surface area contributed by atoms with Gasteiger partial charge in [0.2, 0.25) is 17.8 Å². The summed E-state index contributed by atoms with van der Waals surface area (Å²) < 4.78 is 37.6. The van der Waals surface area contributed by atoms with Gasteiger partial charge in [-0.25, -0.2) is 9.97 Å². The van der Waals surface area contributed by atoms with E-state index < -0.39 is 11.7 Å². The zero-order valence-corrected chi connectivity index (χ0v) is 12.3. The number of aromatic nitrogens is 3. The molecule has 6 nitrogen and oxygen atoms in total. The Morgan fingerprint density at radius 3 is 2.30 bits per heavy atom. The first-order valence-corrected chi connectivity index (χ1v) is 6.66. The third-order valence-electron chi connectivity index (χ3n) is 2.94. The van der Waals surface area contributed by atoms with Crippen molar-refractivity contribution in [1.82, 2.24) is 15.0 Å². The van der Waals surface area contributed by atoms with E-state index in [-0.39, 0.29) is 23.8 Å². The van der Waals surface area contributed by atoms with Crippen molar-refractivity contribution in [2.75, 3.05) is 10.6 Å². The van der Waals surface area contributed by atoms with E-state index in [1.165, 1.54) is 25.4 Å². The highest BCUT2D eigenvalue weighted by Crippen LogP contribution is 2.30. The number of nitrogens with zero attached hydrogens (tertiary/aromatic N) is 3. The summed E-state index contributed by atoms with van der Waals surface area (Å²) in [5.41, 5.74) is -0.0685. The third-order valence-corrected chi connectivity index (χ3v) is 2.94. The predicted octanol–water partition coefficient (Wildman–Crippen LogP) is 3.02. The molecule has 9 heteroatoms. The lowest BCUT2D eigenvalue weighted by molar-refractivity contribution is -0.137. The molecule has 0 spiro atoms. The molecule has 1 heterocycles. The second-order valence-corrected chi connectivity index (χ2v) is 4.80. The van der Waals surface area contributed by atoms with Crippen molar-refractivity contribution in [3.8, 4) is 0 Å². The smallest absolute Gasteiger partial charge is 0.348 e. The molecule has 2 N–H and O–H groups in total. The second-order valence-electron chi connectivity index (χ2n) is 4.80. The Morgan fingerprint density at radius 2 is 1.74 bits per heavy atom. The van der Waals surface area contributed by atoms with Crippen LogP contribution in [0.4, 0.5) is 25.1 Å². The molecule has 23 heavy (non-hydrogen) atoms. The molecule has 1 amide bonds. The Labute approximate surface area is 130 Å². The molecule has 1 unspecified atom stereocenters. The molecular weight excluding hydrogens is 311 g/mol. The summed E-state index contributed by atoms with van der Waals surface area (Å²) in [4.78, 5) is 22.6. The van der Waals surface area contributed by atoms with Crippen LogP contribution in [-0.2, 0) is 11.0 Å². The minimum atomic E-state index is -4.36. The molecule has 0 fully saturated rings. The number of alkyl halides is 3. The molecule has 0 saturated carbocycles. The van der Waals surface area contributed by atoms with E-state index in [1.807, 2.05) is 0 Å². The number of hydrogen-bond donors (Lipinski definition) is 2. The second kappa shape index (κ2) is 6.59. The number of carbonyl (C=O) groups is 1. The highest BCUT2D eigenvalue weighted by Gasteiger charge is 2.30. The summed E-state index contributed by atoms with van der Waals surface area (Å²) >= 11 is 0. The van der Waals surface area contributed by atoms with Gasteiger partial charge in [-0.05, 0) is 24.6 Å². The quantitative estimate of drug-likeness (QED) is 0.903. The van der Waals surface area contributed by atoms with Crippen LogP contribution in [0.1, 0.15) is 31.0 Å². The molecule has 1 atom stereocenters. The molecule has 0 saturated heterocycles. The van der Waals surface area contributed by atoms with Gasteiger partial charge in [-0.1, -0.05) is 12.1 Å². The van der Waals surface area contributed by atoms with Crippen molar-refractivity contribution in [3.05, 3.63) is 41.7 Å². The lowest BCUT2D eigenvalue weighted by Gasteiger charge is -2.15. The van der Waals surface area contributed by atoms with Gasteiger partial charge in [0.05, 0.1) is 11.6 Å². The van der Waals surface area contributed by atoms with Gasteiger partial charge >= 0.3 is 6.18 Å². The van der Waals surface area contributed by atoms with Crippen LogP contribution in [0.25, 0.3) is 0 Å². The number of benzene rings is 1. The topological polar surface area (TPSA) is 79.8 Å². The summed E-state index contributed by atoms with van der Waals surface area (Å²) in [6.45, 7) is 3.08. The van der Waals surface area contributed by atoms with E-state index in [1.54, 1.807) is 6.92 Å². The predicted molar refractivity (Wildman–Crippen MR) is 77.6 cm³/mol. The maximum atomic E-state index is 12.5. The van der Waals surface area contributed by atoms with E-state index in [0.29, 0.717) is 5.56 Å². The highest BCUT2D eigenvalue weighted by atomic mass is 19.4. The van der Waals surface area contributed by atoms with Crippen LogP contribution in [0.2, 0.25) is 0 Å². The monoisotopic (exact) mass is 325 g/mol. The largest absolute Gasteiger partial charge is 0.416 e. The molecule has 0 aliphatic heterocycles. The van der Waals surface area contributed by atoms with Crippen molar-refractivity contribution in [2.24, 2.45) is 0 Å². The lowest BCUT2D eigenvalue weighted by atomic mass is 10.1. The minimum Gasteiger partial charge on any atom is -0.348 e. The Hall–Kier alpha value is -2.71. The fraction of sp³-hybridized carbons (Fsp3) is 0.286. The fourth-order valence-corrected chi connectivity index (χ4v) is 1.82. The number of anilines is 2. The maximum absolute atomic E-state index is 12.5. The Bertz CT molecular complexity index is 688. The van der Waals surface area contributed by atoms with Crippen LogP contribution in [0.15, 0.2) is 30.6 Å². The molecule has 1 aromatic carbocycles. The number of rotatable bonds is 4. The van der Waals surface area contributed by atoms with E-state index in [4.69, 9.17) is 0 Å². The molecule has 0 aliphatic rings. The summed E-state index contributed by atoms with van der Waals surface area (Å²) in [6, 6.07) is 4.48. The summed E-state index contributed by atoms with van der Waals surface area (Å²) in [6.07, 6.45) is -3.14. The highest BCUT2D eigenvalue weighted by molar-refractivity contribution is 5.86. The van der Waals surface area contributed by atoms with Gasteiger partial charge in [0.1, 0.15) is 6.33 Å². The fourth-order valence-electron chi connectivity index (χ4n) is 1.82. The van der Waals surface area contributed by atoms with Crippen LogP contribution >= 0.6 is 0 Å². The first kappa shape index (κ1) is 16.7. The average Bonchev–Trinajstić information content (AvgIpc) is 2.46. The van der Waals surface area contributed by atoms with Gasteiger partial charge < -0.3 is 5.32 Å². The number of hydrogen-bond acceptors (Lipinski definition) is 5. The van der Waals surface area contributed by atoms with Crippen LogP contribution in [0.5, 0.6) is 0 Å². The average molecular weight is 325 g/mol. The van der Waals surface area contributed by atoms with Crippen molar-refractivity contribution in [2.45, 2.75) is 26.1 Å². The third kappa shape index (κ3) is 4.63. The van der Waals surface area contributed by atoms with Crippen LogP contribution in [-0.4, -0.2) is 20.9 Å². The molecule has 0 aliphatic carbocycles. The Balaban J connectivity index is 2.09. The molecular formula is C14H14F3N5O. The number of amides is 1.